The lowest BCUT2D eigenvalue weighted by atomic mass is 9.97. The molecule has 0 amide bonds. The van der Waals surface area contributed by atoms with Crippen LogP contribution in [0.15, 0.2) is 0 Å². The lowest BCUT2D eigenvalue weighted by Gasteiger charge is -2.45. The number of hydrogen-bond acceptors (Lipinski definition) is 11. The second-order valence-corrected chi connectivity index (χ2v) is 6.53. The van der Waals surface area contributed by atoms with Crippen LogP contribution in [0.25, 0.3) is 0 Å². The van der Waals surface area contributed by atoms with E-state index in [9.17, 15) is 30.6 Å². The molecular formula is C14H26O10S. The standard InChI is InChI=1S/C14H26O10S/c1-5-12(9(18)11(20)13(22-5)21-2-3-25)24-14-10(19)8(17)7(16)6(4-15)23-14/h5-20,25H,2-4H2,1H3/t5-,6+,7-,8-,9-,10+,11-,12+,13-,14-/m0/s1. The van der Waals surface area contributed by atoms with Crippen LogP contribution < -0.4 is 0 Å². The third-order valence-electron chi connectivity index (χ3n) is 4.29. The number of hydrogen-bond donors (Lipinski definition) is 7. The summed E-state index contributed by atoms with van der Waals surface area (Å²) < 4.78 is 21.4. The van der Waals surface area contributed by atoms with E-state index in [0.29, 0.717) is 5.75 Å². The summed E-state index contributed by atoms with van der Waals surface area (Å²) in [4.78, 5) is 0. The summed E-state index contributed by atoms with van der Waals surface area (Å²) >= 11 is 3.99. The van der Waals surface area contributed by atoms with Crippen molar-refractivity contribution < 1.29 is 49.6 Å². The zero-order valence-electron chi connectivity index (χ0n) is 13.7. The van der Waals surface area contributed by atoms with Crippen molar-refractivity contribution in [2.24, 2.45) is 0 Å². The van der Waals surface area contributed by atoms with E-state index >= 15 is 0 Å². The molecule has 148 valence electrons. The summed E-state index contributed by atoms with van der Waals surface area (Å²) in [5, 5.41) is 59.1. The van der Waals surface area contributed by atoms with Gasteiger partial charge in [0.25, 0.3) is 0 Å². The molecule has 2 heterocycles. The lowest BCUT2D eigenvalue weighted by Crippen LogP contribution is -2.63. The number of aliphatic hydroxyl groups excluding tert-OH is 6. The van der Waals surface area contributed by atoms with E-state index < -0.39 is 68.0 Å². The average Bonchev–Trinajstić information content (AvgIpc) is 2.60. The highest BCUT2D eigenvalue weighted by molar-refractivity contribution is 7.80. The molecule has 10 nitrogen and oxygen atoms in total. The summed E-state index contributed by atoms with van der Waals surface area (Å²) in [5.74, 6) is 0.405. The van der Waals surface area contributed by atoms with Crippen molar-refractivity contribution in [3.63, 3.8) is 0 Å². The van der Waals surface area contributed by atoms with Gasteiger partial charge in [-0.05, 0) is 6.92 Å². The van der Waals surface area contributed by atoms with E-state index in [1.807, 2.05) is 0 Å². The third kappa shape index (κ3) is 4.62. The van der Waals surface area contributed by atoms with E-state index in [-0.39, 0.29) is 6.61 Å². The molecule has 0 aliphatic carbocycles. The molecule has 6 N–H and O–H groups in total. The molecule has 2 aliphatic rings. The van der Waals surface area contributed by atoms with E-state index in [0.717, 1.165) is 0 Å². The van der Waals surface area contributed by atoms with Gasteiger partial charge in [-0.2, -0.15) is 12.6 Å². The van der Waals surface area contributed by atoms with Gasteiger partial charge in [-0.3, -0.25) is 0 Å². The molecule has 25 heavy (non-hydrogen) atoms. The monoisotopic (exact) mass is 386 g/mol. The van der Waals surface area contributed by atoms with Gasteiger partial charge in [-0.1, -0.05) is 0 Å². The van der Waals surface area contributed by atoms with Gasteiger partial charge in [0.2, 0.25) is 0 Å². The Bertz CT molecular complexity index is 413. The van der Waals surface area contributed by atoms with Crippen molar-refractivity contribution >= 4 is 12.6 Å². The first-order valence-electron chi connectivity index (χ1n) is 8.01. The predicted molar refractivity (Wildman–Crippen MR) is 84.8 cm³/mol. The van der Waals surface area contributed by atoms with Gasteiger partial charge in [-0.15, -0.1) is 0 Å². The third-order valence-corrected chi connectivity index (χ3v) is 4.47. The number of rotatable bonds is 6. The fourth-order valence-corrected chi connectivity index (χ4v) is 2.94. The first-order chi connectivity index (χ1) is 11.8. The topological polar surface area (TPSA) is 158 Å². The molecule has 0 spiro atoms. The normalized spacial score (nSPS) is 48.5. The maximum absolute atomic E-state index is 10.3. The maximum atomic E-state index is 10.3. The highest BCUT2D eigenvalue weighted by atomic mass is 32.1. The molecule has 0 radical (unpaired) electrons. The lowest BCUT2D eigenvalue weighted by molar-refractivity contribution is -0.355. The summed E-state index contributed by atoms with van der Waals surface area (Å²) in [6, 6.07) is 0. The Morgan fingerprint density at radius 3 is 2.12 bits per heavy atom. The van der Waals surface area contributed by atoms with Crippen LogP contribution in [-0.4, -0.2) is 111 Å². The highest BCUT2D eigenvalue weighted by Crippen LogP contribution is 2.29. The SMILES string of the molecule is C[C@@H]1O[C@H](OCCS)[C@@H](O)[C@H](O)[C@@H]1O[C@@H]1O[C@H](CO)[C@H](O)[C@H](O)[C@H]1O. The molecule has 0 unspecified atom stereocenters. The van der Waals surface area contributed by atoms with Crippen molar-refractivity contribution in [2.45, 2.75) is 68.3 Å². The Morgan fingerprint density at radius 2 is 1.52 bits per heavy atom. The largest absolute Gasteiger partial charge is 0.394 e. The molecule has 10 atom stereocenters. The second kappa shape index (κ2) is 9.24. The number of ether oxygens (including phenoxy) is 4. The van der Waals surface area contributed by atoms with Crippen LogP contribution in [0.1, 0.15) is 6.92 Å². The van der Waals surface area contributed by atoms with Gasteiger partial charge in [0, 0.05) is 5.75 Å². The Hall–Kier alpha value is -0.0500. The smallest absolute Gasteiger partial charge is 0.187 e. The van der Waals surface area contributed by atoms with Crippen molar-refractivity contribution in [3.05, 3.63) is 0 Å². The summed E-state index contributed by atoms with van der Waals surface area (Å²) in [5.41, 5.74) is 0. The van der Waals surface area contributed by atoms with E-state index in [2.05, 4.69) is 12.6 Å². The minimum absolute atomic E-state index is 0.211. The van der Waals surface area contributed by atoms with Gasteiger partial charge in [0.05, 0.1) is 19.3 Å². The fraction of sp³-hybridized carbons (Fsp3) is 1.00. The zero-order valence-corrected chi connectivity index (χ0v) is 14.6. The Balaban J connectivity index is 2.03. The highest BCUT2D eigenvalue weighted by Gasteiger charge is 2.49. The quantitative estimate of drug-likeness (QED) is 0.229. The van der Waals surface area contributed by atoms with Crippen LogP contribution in [-0.2, 0) is 18.9 Å². The Kier molecular flexibility index (Phi) is 7.85. The molecule has 2 fully saturated rings. The first kappa shape index (κ1) is 21.3. The van der Waals surface area contributed by atoms with Crippen LogP contribution in [0, 0.1) is 0 Å². The van der Waals surface area contributed by atoms with Crippen molar-refractivity contribution in [2.75, 3.05) is 19.0 Å². The molecule has 2 saturated heterocycles. The molecular weight excluding hydrogens is 360 g/mol. The number of aliphatic hydroxyl groups is 6. The summed E-state index contributed by atoms with van der Waals surface area (Å²) in [7, 11) is 0. The minimum Gasteiger partial charge on any atom is -0.394 e. The zero-order chi connectivity index (χ0) is 18.7. The molecule has 0 saturated carbocycles. The van der Waals surface area contributed by atoms with Gasteiger partial charge in [0.1, 0.15) is 42.7 Å². The van der Waals surface area contributed by atoms with Gasteiger partial charge < -0.3 is 49.6 Å². The van der Waals surface area contributed by atoms with Crippen LogP contribution in [0.2, 0.25) is 0 Å². The van der Waals surface area contributed by atoms with Crippen LogP contribution in [0.3, 0.4) is 0 Å². The van der Waals surface area contributed by atoms with Gasteiger partial charge >= 0.3 is 0 Å². The fourth-order valence-electron chi connectivity index (χ4n) is 2.84. The summed E-state index contributed by atoms with van der Waals surface area (Å²) in [6.45, 7) is 1.18. The first-order valence-corrected chi connectivity index (χ1v) is 8.65. The molecule has 2 aliphatic heterocycles. The maximum Gasteiger partial charge on any atom is 0.187 e. The van der Waals surface area contributed by atoms with Crippen molar-refractivity contribution in [3.8, 4) is 0 Å². The van der Waals surface area contributed by atoms with Crippen LogP contribution in [0.5, 0.6) is 0 Å². The Labute approximate surface area is 150 Å². The van der Waals surface area contributed by atoms with Gasteiger partial charge in [-0.25, -0.2) is 0 Å². The Morgan fingerprint density at radius 1 is 0.880 bits per heavy atom. The minimum atomic E-state index is -1.62. The molecule has 0 aromatic heterocycles. The van der Waals surface area contributed by atoms with E-state index in [1.54, 1.807) is 6.92 Å². The average molecular weight is 386 g/mol. The van der Waals surface area contributed by atoms with Crippen LogP contribution >= 0.6 is 12.6 Å². The predicted octanol–water partition coefficient (Wildman–Crippen LogP) is -3.42. The molecule has 0 aromatic rings. The molecule has 11 heteroatoms. The van der Waals surface area contributed by atoms with Crippen molar-refractivity contribution in [1.82, 2.24) is 0 Å². The molecule has 0 bridgehead atoms. The molecule has 2 rings (SSSR count). The van der Waals surface area contributed by atoms with E-state index in [4.69, 9.17) is 18.9 Å². The van der Waals surface area contributed by atoms with Crippen LogP contribution in [0.4, 0.5) is 0 Å². The number of thiol groups is 1. The van der Waals surface area contributed by atoms with Crippen molar-refractivity contribution in [1.29, 1.82) is 0 Å². The molecule has 0 aromatic carbocycles. The van der Waals surface area contributed by atoms with E-state index in [1.165, 1.54) is 0 Å². The summed E-state index contributed by atoms with van der Waals surface area (Å²) in [6.07, 6.45) is -13.1. The second-order valence-electron chi connectivity index (χ2n) is 6.08. The van der Waals surface area contributed by atoms with Gasteiger partial charge in [0.15, 0.2) is 12.6 Å².